The first-order chi connectivity index (χ1) is 14.8. The van der Waals surface area contributed by atoms with Gasteiger partial charge in [-0.25, -0.2) is 4.68 Å². The van der Waals surface area contributed by atoms with Crippen LogP contribution in [0.2, 0.25) is 0 Å². The van der Waals surface area contributed by atoms with Crippen molar-refractivity contribution in [3.8, 4) is 11.5 Å². The Morgan fingerprint density at radius 1 is 1.10 bits per heavy atom. The lowest BCUT2D eigenvalue weighted by Crippen LogP contribution is -2.18. The van der Waals surface area contributed by atoms with E-state index >= 15 is 0 Å². The molecule has 1 aromatic carbocycles. The van der Waals surface area contributed by atoms with Crippen LogP contribution in [-0.2, 0) is 4.79 Å². The maximum atomic E-state index is 12.5. The molecule has 1 saturated carbocycles. The summed E-state index contributed by atoms with van der Waals surface area (Å²) in [5.41, 5.74) is 0.680. The molecule has 2 aromatic heterocycles. The van der Waals surface area contributed by atoms with Crippen LogP contribution in [0.15, 0.2) is 47.9 Å². The molecule has 0 atom stereocenters. The zero-order valence-electron chi connectivity index (χ0n) is 16.5. The van der Waals surface area contributed by atoms with E-state index in [1.54, 1.807) is 18.2 Å². The monoisotopic (exact) mass is 425 g/mol. The molecule has 0 saturated heterocycles. The lowest BCUT2D eigenvalue weighted by Gasteiger charge is -2.22. The molecule has 0 radical (unpaired) electrons. The van der Waals surface area contributed by atoms with Crippen molar-refractivity contribution in [1.82, 2.24) is 19.5 Å². The minimum Gasteiger partial charge on any atom is -0.454 e. The van der Waals surface area contributed by atoms with Crippen molar-refractivity contribution < 1.29 is 14.3 Å². The van der Waals surface area contributed by atoms with Gasteiger partial charge in [-0.05, 0) is 37.1 Å². The summed E-state index contributed by atoms with van der Waals surface area (Å²) in [5, 5.41) is 12.5. The van der Waals surface area contributed by atoms with Crippen molar-refractivity contribution >= 4 is 23.4 Å². The summed E-state index contributed by atoms with van der Waals surface area (Å²) in [6.07, 6.45) is 9.96. The van der Waals surface area contributed by atoms with E-state index in [2.05, 4.69) is 15.5 Å². The van der Waals surface area contributed by atoms with E-state index in [-0.39, 0.29) is 18.5 Å². The number of ether oxygens (including phenoxy) is 2. The largest absolute Gasteiger partial charge is 0.454 e. The van der Waals surface area contributed by atoms with Crippen molar-refractivity contribution in [3.05, 3.63) is 48.5 Å². The molecular weight excluding hydrogens is 402 g/mol. The predicted molar refractivity (Wildman–Crippen MR) is 113 cm³/mol. The Morgan fingerprint density at radius 3 is 2.73 bits per heavy atom. The number of anilines is 1. The van der Waals surface area contributed by atoms with Crippen LogP contribution in [0.1, 0.15) is 43.8 Å². The maximum absolute atomic E-state index is 12.5. The molecule has 3 heterocycles. The molecule has 156 valence electrons. The number of fused-ring (bicyclic) bond motifs is 1. The highest BCUT2D eigenvalue weighted by atomic mass is 32.2. The first-order valence-corrected chi connectivity index (χ1v) is 11.2. The van der Waals surface area contributed by atoms with Crippen LogP contribution < -0.4 is 14.8 Å². The molecule has 30 heavy (non-hydrogen) atoms. The third-order valence-corrected chi connectivity index (χ3v) is 6.33. The van der Waals surface area contributed by atoms with Crippen molar-refractivity contribution in [2.45, 2.75) is 43.2 Å². The summed E-state index contributed by atoms with van der Waals surface area (Å²) >= 11 is 1.38. The molecule has 5 rings (SSSR count). The van der Waals surface area contributed by atoms with E-state index in [0.29, 0.717) is 28.3 Å². The number of rotatable bonds is 6. The minimum atomic E-state index is -0.111. The third-order valence-electron chi connectivity index (χ3n) is 5.41. The van der Waals surface area contributed by atoms with Crippen molar-refractivity contribution in [1.29, 1.82) is 0 Å². The first-order valence-electron chi connectivity index (χ1n) is 10.2. The van der Waals surface area contributed by atoms with Gasteiger partial charge in [-0.3, -0.25) is 9.47 Å². The Hall–Kier alpha value is -2.94. The normalized spacial score (nSPS) is 16.0. The van der Waals surface area contributed by atoms with Gasteiger partial charge in [0, 0.05) is 30.1 Å². The highest BCUT2D eigenvalue weighted by Crippen LogP contribution is 2.35. The fourth-order valence-electron chi connectivity index (χ4n) is 3.96. The third kappa shape index (κ3) is 3.89. The fraction of sp³-hybridized carbons (Fsp3) is 0.381. The average molecular weight is 426 g/mol. The lowest BCUT2D eigenvalue weighted by atomic mass is 9.89. The van der Waals surface area contributed by atoms with E-state index in [1.165, 1.54) is 31.0 Å². The quantitative estimate of drug-likeness (QED) is 0.603. The van der Waals surface area contributed by atoms with Gasteiger partial charge in [0.05, 0.1) is 5.75 Å². The molecule has 3 aromatic rings. The van der Waals surface area contributed by atoms with Crippen LogP contribution in [-0.4, -0.2) is 38.0 Å². The molecule has 8 nitrogen and oxygen atoms in total. The van der Waals surface area contributed by atoms with Gasteiger partial charge in [-0.2, -0.15) is 0 Å². The molecule has 1 amide bonds. The van der Waals surface area contributed by atoms with Crippen LogP contribution in [0.3, 0.4) is 0 Å². The van der Waals surface area contributed by atoms with Crippen molar-refractivity contribution in [3.63, 3.8) is 0 Å². The second-order valence-corrected chi connectivity index (χ2v) is 8.40. The molecule has 1 N–H and O–H groups in total. The number of hydrogen-bond acceptors (Lipinski definition) is 6. The Kier molecular flexibility index (Phi) is 5.35. The SMILES string of the molecule is O=C(CSc1nnc(C2CCCCC2)n1-n1cccc1)Nc1ccc2c(c1)OCO2. The second-order valence-electron chi connectivity index (χ2n) is 7.46. The number of nitrogens with one attached hydrogen (secondary N) is 1. The summed E-state index contributed by atoms with van der Waals surface area (Å²) in [6.45, 7) is 0.209. The van der Waals surface area contributed by atoms with E-state index in [1.807, 2.05) is 33.9 Å². The van der Waals surface area contributed by atoms with Gasteiger partial charge in [0.2, 0.25) is 17.9 Å². The Labute approximate surface area is 178 Å². The van der Waals surface area contributed by atoms with E-state index < -0.39 is 0 Å². The summed E-state index contributed by atoms with van der Waals surface area (Å²) in [6, 6.07) is 9.33. The van der Waals surface area contributed by atoms with Crippen LogP contribution in [0.5, 0.6) is 11.5 Å². The Morgan fingerprint density at radius 2 is 1.90 bits per heavy atom. The molecule has 1 aliphatic heterocycles. The fourth-order valence-corrected chi connectivity index (χ4v) is 4.70. The maximum Gasteiger partial charge on any atom is 0.234 e. The van der Waals surface area contributed by atoms with Crippen LogP contribution in [0, 0.1) is 0 Å². The summed E-state index contributed by atoms with van der Waals surface area (Å²) in [7, 11) is 0. The summed E-state index contributed by atoms with van der Waals surface area (Å²) in [4.78, 5) is 12.5. The molecule has 0 spiro atoms. The van der Waals surface area contributed by atoms with Crippen molar-refractivity contribution in [2.75, 3.05) is 17.9 Å². The van der Waals surface area contributed by atoms with Crippen LogP contribution in [0.4, 0.5) is 5.69 Å². The number of amides is 1. The number of hydrogen-bond donors (Lipinski definition) is 1. The topological polar surface area (TPSA) is 83.2 Å². The number of benzene rings is 1. The number of thioether (sulfide) groups is 1. The molecule has 9 heteroatoms. The Balaban J connectivity index is 1.29. The van der Waals surface area contributed by atoms with Crippen LogP contribution >= 0.6 is 11.8 Å². The van der Waals surface area contributed by atoms with E-state index in [0.717, 1.165) is 18.7 Å². The van der Waals surface area contributed by atoms with Gasteiger partial charge in [0.15, 0.2) is 17.3 Å². The molecule has 0 bridgehead atoms. The number of aromatic nitrogens is 4. The van der Waals surface area contributed by atoms with Gasteiger partial charge in [0.25, 0.3) is 0 Å². The zero-order chi connectivity index (χ0) is 20.3. The predicted octanol–water partition coefficient (Wildman–Crippen LogP) is 3.90. The first kappa shape index (κ1) is 19.0. The Bertz CT molecular complexity index is 1030. The van der Waals surface area contributed by atoms with Gasteiger partial charge < -0.3 is 14.8 Å². The van der Waals surface area contributed by atoms with Gasteiger partial charge in [0.1, 0.15) is 0 Å². The molecule has 1 aliphatic carbocycles. The minimum absolute atomic E-state index is 0.111. The lowest BCUT2D eigenvalue weighted by molar-refractivity contribution is -0.113. The highest BCUT2D eigenvalue weighted by Gasteiger charge is 2.25. The van der Waals surface area contributed by atoms with Gasteiger partial charge in [-0.15, -0.1) is 10.2 Å². The van der Waals surface area contributed by atoms with Crippen LogP contribution in [0.25, 0.3) is 0 Å². The zero-order valence-corrected chi connectivity index (χ0v) is 17.3. The molecular formula is C21H23N5O3S. The second kappa shape index (κ2) is 8.43. The van der Waals surface area contributed by atoms with Gasteiger partial charge in [-0.1, -0.05) is 31.0 Å². The van der Waals surface area contributed by atoms with Crippen molar-refractivity contribution in [2.24, 2.45) is 0 Å². The molecule has 0 unspecified atom stereocenters. The smallest absolute Gasteiger partial charge is 0.234 e. The summed E-state index contributed by atoms with van der Waals surface area (Å²) in [5.74, 6) is 2.84. The molecule has 1 fully saturated rings. The number of carbonyl (C=O) groups excluding carboxylic acids is 1. The van der Waals surface area contributed by atoms with E-state index in [4.69, 9.17) is 9.47 Å². The average Bonchev–Trinajstić information content (AvgIpc) is 3.52. The number of carbonyl (C=O) groups is 1. The highest BCUT2D eigenvalue weighted by molar-refractivity contribution is 7.99. The van der Waals surface area contributed by atoms with E-state index in [9.17, 15) is 4.79 Å². The standard InChI is InChI=1S/C21H23N5O3S/c27-19(22-16-8-9-17-18(12-16)29-14-28-17)13-30-21-24-23-20(15-6-2-1-3-7-15)26(21)25-10-4-5-11-25/h4-5,8-12,15H,1-3,6-7,13-14H2,(H,22,27). The summed E-state index contributed by atoms with van der Waals surface area (Å²) < 4.78 is 14.7. The number of nitrogens with zero attached hydrogens (tertiary/aromatic N) is 4. The van der Waals surface area contributed by atoms with Gasteiger partial charge >= 0.3 is 0 Å². The molecule has 2 aliphatic rings.